The van der Waals surface area contributed by atoms with Crippen molar-refractivity contribution in [1.82, 2.24) is 0 Å². The lowest BCUT2D eigenvalue weighted by molar-refractivity contribution is -0.167. The van der Waals surface area contributed by atoms with Gasteiger partial charge in [-0.25, -0.2) is 0 Å². The molecule has 0 bridgehead atoms. The lowest BCUT2D eigenvalue weighted by Gasteiger charge is -2.18. The molecule has 0 spiro atoms. The van der Waals surface area contributed by atoms with Crippen LogP contribution in [-0.2, 0) is 28.6 Å². The fraction of sp³-hybridized carbons (Fsp3) is 0.800. The van der Waals surface area contributed by atoms with Gasteiger partial charge in [-0.15, -0.1) is 0 Å². The lowest BCUT2D eigenvalue weighted by atomic mass is 10.0. The second-order valence-corrected chi connectivity index (χ2v) is 17.4. The molecule has 0 aromatic rings. The number of carbonyl (C=O) groups is 3. The Kier molecular flexibility index (Phi) is 47.9. The summed E-state index contributed by atoms with van der Waals surface area (Å²) in [4.78, 5) is 37.8. The monoisotopic (exact) mass is 855 g/mol. The van der Waals surface area contributed by atoms with Crippen molar-refractivity contribution in [1.29, 1.82) is 0 Å². The molecule has 0 aliphatic carbocycles. The van der Waals surface area contributed by atoms with E-state index in [0.29, 0.717) is 19.3 Å². The van der Waals surface area contributed by atoms with E-state index in [9.17, 15) is 14.4 Å². The Morgan fingerprint density at radius 1 is 0.344 bits per heavy atom. The number of ether oxygens (including phenoxy) is 3. The molecule has 0 saturated heterocycles. The van der Waals surface area contributed by atoms with Gasteiger partial charge in [0.15, 0.2) is 6.10 Å². The third-order valence-corrected chi connectivity index (χ3v) is 11.3. The molecular weight excluding hydrogens is 757 g/mol. The minimum absolute atomic E-state index is 0.0751. The summed E-state index contributed by atoms with van der Waals surface area (Å²) in [5, 5.41) is 0. The topological polar surface area (TPSA) is 78.9 Å². The van der Waals surface area contributed by atoms with Crippen LogP contribution in [0.1, 0.15) is 265 Å². The standard InChI is InChI=1S/C55H98O6/c1-4-7-10-13-16-18-20-22-24-26-27-29-30-32-34-36-39-42-45-48-54(57)60-51-52(50-59-53(56)47-44-41-38-15-12-9-6-3)61-55(58)49-46-43-40-37-35-33-31-28-25-23-21-19-17-14-11-8-5-2/h7,10,16,18,22,24,27,29,52H,4-6,8-9,11-15,17,19-21,23,25-26,28,30-51H2,1-3H3/b10-7-,18-16-,24-22-,29-27-. The first kappa shape index (κ1) is 58.4. The van der Waals surface area contributed by atoms with Gasteiger partial charge >= 0.3 is 17.9 Å². The third-order valence-electron chi connectivity index (χ3n) is 11.3. The smallest absolute Gasteiger partial charge is 0.306 e. The fourth-order valence-corrected chi connectivity index (χ4v) is 7.43. The molecule has 0 aromatic carbocycles. The van der Waals surface area contributed by atoms with E-state index in [-0.39, 0.29) is 31.1 Å². The van der Waals surface area contributed by atoms with Crippen LogP contribution in [0.4, 0.5) is 0 Å². The Morgan fingerprint density at radius 3 is 1.00 bits per heavy atom. The van der Waals surface area contributed by atoms with Crippen LogP contribution in [0.15, 0.2) is 48.6 Å². The summed E-state index contributed by atoms with van der Waals surface area (Å²) < 4.78 is 16.7. The van der Waals surface area contributed by atoms with Crippen molar-refractivity contribution in [2.75, 3.05) is 13.2 Å². The van der Waals surface area contributed by atoms with E-state index in [1.807, 2.05) is 0 Å². The van der Waals surface area contributed by atoms with Gasteiger partial charge in [0, 0.05) is 19.3 Å². The molecule has 1 unspecified atom stereocenters. The molecule has 0 saturated carbocycles. The third kappa shape index (κ3) is 48.3. The summed E-state index contributed by atoms with van der Waals surface area (Å²) in [5.41, 5.74) is 0. The maximum absolute atomic E-state index is 12.8. The molecule has 61 heavy (non-hydrogen) atoms. The Labute approximate surface area is 378 Å². The van der Waals surface area contributed by atoms with Gasteiger partial charge < -0.3 is 14.2 Å². The summed E-state index contributed by atoms with van der Waals surface area (Å²) >= 11 is 0. The molecule has 0 rings (SSSR count). The van der Waals surface area contributed by atoms with Crippen LogP contribution >= 0.6 is 0 Å². The summed E-state index contributed by atoms with van der Waals surface area (Å²) in [5.74, 6) is -0.886. The number of hydrogen-bond donors (Lipinski definition) is 0. The van der Waals surface area contributed by atoms with E-state index in [1.54, 1.807) is 0 Å². The van der Waals surface area contributed by atoms with Crippen molar-refractivity contribution in [3.8, 4) is 0 Å². The molecule has 0 amide bonds. The largest absolute Gasteiger partial charge is 0.462 e. The molecule has 6 heteroatoms. The fourth-order valence-electron chi connectivity index (χ4n) is 7.43. The predicted molar refractivity (Wildman–Crippen MR) is 261 cm³/mol. The van der Waals surface area contributed by atoms with Gasteiger partial charge in [-0.3, -0.25) is 14.4 Å². The van der Waals surface area contributed by atoms with Crippen molar-refractivity contribution in [3.05, 3.63) is 48.6 Å². The van der Waals surface area contributed by atoms with E-state index >= 15 is 0 Å². The van der Waals surface area contributed by atoms with E-state index in [1.165, 1.54) is 135 Å². The quantitative estimate of drug-likeness (QED) is 0.0263. The van der Waals surface area contributed by atoms with E-state index < -0.39 is 6.10 Å². The first-order valence-electron chi connectivity index (χ1n) is 26.1. The van der Waals surface area contributed by atoms with Gasteiger partial charge in [-0.1, -0.05) is 236 Å². The van der Waals surface area contributed by atoms with Crippen molar-refractivity contribution >= 4 is 17.9 Å². The Balaban J connectivity index is 4.25. The number of hydrogen-bond acceptors (Lipinski definition) is 6. The number of unbranched alkanes of at least 4 members (excludes halogenated alkanes) is 28. The maximum atomic E-state index is 12.8. The van der Waals surface area contributed by atoms with E-state index in [2.05, 4.69) is 69.4 Å². The van der Waals surface area contributed by atoms with Crippen LogP contribution in [0.25, 0.3) is 0 Å². The average molecular weight is 855 g/mol. The SMILES string of the molecule is CC/C=C\C/C=C\C/C=C\C/C=C\CCCCCCCCC(=O)OCC(COC(=O)CCCCCCCCC)OC(=O)CCCCCCCCCCCCCCCCCCC. The molecule has 0 aliphatic rings. The van der Waals surface area contributed by atoms with Crippen LogP contribution in [0.2, 0.25) is 0 Å². The molecule has 354 valence electrons. The average Bonchev–Trinajstić information content (AvgIpc) is 3.26. The first-order chi connectivity index (χ1) is 30.0. The number of esters is 3. The minimum atomic E-state index is -0.773. The van der Waals surface area contributed by atoms with Crippen LogP contribution in [-0.4, -0.2) is 37.2 Å². The summed E-state index contributed by atoms with van der Waals surface area (Å²) in [6.07, 6.45) is 59.7. The van der Waals surface area contributed by atoms with E-state index in [0.717, 1.165) is 89.9 Å². The van der Waals surface area contributed by atoms with Crippen LogP contribution < -0.4 is 0 Å². The van der Waals surface area contributed by atoms with Crippen LogP contribution in [0.3, 0.4) is 0 Å². The maximum Gasteiger partial charge on any atom is 0.306 e. The number of allylic oxidation sites excluding steroid dienone is 8. The predicted octanol–water partition coefficient (Wildman–Crippen LogP) is 17.1. The zero-order chi connectivity index (χ0) is 44.4. The highest BCUT2D eigenvalue weighted by Crippen LogP contribution is 2.16. The van der Waals surface area contributed by atoms with Gasteiger partial charge in [0.2, 0.25) is 0 Å². The normalized spacial score (nSPS) is 12.4. The Hall–Kier alpha value is -2.63. The zero-order valence-corrected chi connectivity index (χ0v) is 40.4. The van der Waals surface area contributed by atoms with Gasteiger partial charge in [0.25, 0.3) is 0 Å². The van der Waals surface area contributed by atoms with Crippen molar-refractivity contribution in [2.24, 2.45) is 0 Å². The second kappa shape index (κ2) is 50.0. The van der Waals surface area contributed by atoms with E-state index in [4.69, 9.17) is 14.2 Å². The van der Waals surface area contributed by atoms with Gasteiger partial charge in [-0.2, -0.15) is 0 Å². The summed E-state index contributed by atoms with van der Waals surface area (Å²) in [6, 6.07) is 0. The van der Waals surface area contributed by atoms with Crippen molar-refractivity contribution in [2.45, 2.75) is 271 Å². The highest BCUT2D eigenvalue weighted by Gasteiger charge is 2.19. The van der Waals surface area contributed by atoms with Crippen LogP contribution in [0.5, 0.6) is 0 Å². The molecule has 1 atom stereocenters. The summed E-state index contributed by atoms with van der Waals surface area (Å²) in [7, 11) is 0. The molecule has 6 nitrogen and oxygen atoms in total. The van der Waals surface area contributed by atoms with Crippen molar-refractivity contribution in [3.63, 3.8) is 0 Å². The highest BCUT2D eigenvalue weighted by molar-refractivity contribution is 5.71. The highest BCUT2D eigenvalue weighted by atomic mass is 16.6. The van der Waals surface area contributed by atoms with Gasteiger partial charge in [0.05, 0.1) is 0 Å². The lowest BCUT2D eigenvalue weighted by Crippen LogP contribution is -2.30. The zero-order valence-electron chi connectivity index (χ0n) is 40.4. The number of rotatable bonds is 47. The molecule has 0 heterocycles. The van der Waals surface area contributed by atoms with Gasteiger partial charge in [0.1, 0.15) is 13.2 Å². The molecule has 0 N–H and O–H groups in total. The van der Waals surface area contributed by atoms with Crippen molar-refractivity contribution < 1.29 is 28.6 Å². The molecule has 0 fully saturated rings. The van der Waals surface area contributed by atoms with Gasteiger partial charge in [-0.05, 0) is 57.8 Å². The number of carbonyl (C=O) groups excluding carboxylic acids is 3. The molecule has 0 radical (unpaired) electrons. The minimum Gasteiger partial charge on any atom is -0.462 e. The summed E-state index contributed by atoms with van der Waals surface area (Å²) in [6.45, 7) is 6.49. The molecule has 0 aromatic heterocycles. The Morgan fingerprint density at radius 2 is 0.639 bits per heavy atom. The molecular formula is C55H98O6. The van der Waals surface area contributed by atoms with Crippen LogP contribution in [0, 0.1) is 0 Å². The second-order valence-electron chi connectivity index (χ2n) is 17.4. The first-order valence-corrected chi connectivity index (χ1v) is 26.1. The Bertz CT molecular complexity index is 1070. The molecule has 0 aliphatic heterocycles.